The molecule has 0 aromatic carbocycles. The molecule has 0 saturated heterocycles. The minimum absolute atomic E-state index is 0.351. The normalized spacial score (nSPS) is 11.4. The van der Waals surface area contributed by atoms with Crippen LogP contribution in [-0.4, -0.2) is 25.9 Å². The predicted molar refractivity (Wildman–Crippen MR) is 52.8 cm³/mol. The Labute approximate surface area is 81.1 Å². The van der Waals surface area contributed by atoms with Crippen molar-refractivity contribution in [3.63, 3.8) is 0 Å². The molecule has 0 rings (SSSR count). The van der Waals surface area contributed by atoms with E-state index in [1.165, 1.54) is 25.2 Å². The molecule has 0 heterocycles. The van der Waals surface area contributed by atoms with E-state index in [9.17, 15) is 4.79 Å². The van der Waals surface area contributed by atoms with Crippen LogP contribution in [0.3, 0.4) is 0 Å². The van der Waals surface area contributed by atoms with Crippen molar-refractivity contribution in [2.45, 2.75) is 6.92 Å². The van der Waals surface area contributed by atoms with Gasteiger partial charge in [-0.25, -0.2) is 4.79 Å². The summed E-state index contributed by atoms with van der Waals surface area (Å²) in [6.45, 7) is 2.01. The zero-order valence-corrected chi connectivity index (χ0v) is 8.96. The molecule has 0 unspecified atom stereocenters. The van der Waals surface area contributed by atoms with E-state index in [-0.39, 0.29) is 5.97 Å². The lowest BCUT2D eigenvalue weighted by molar-refractivity contribution is -0.134. The number of rotatable bonds is 5. The van der Waals surface area contributed by atoms with Crippen molar-refractivity contribution in [2.24, 2.45) is 0 Å². The van der Waals surface area contributed by atoms with Crippen LogP contribution < -0.4 is 0 Å². The van der Waals surface area contributed by atoms with Crippen LogP contribution in [0.2, 0.25) is 0 Å². The first-order valence-corrected chi connectivity index (χ1v) is 5.10. The highest BCUT2D eigenvalue weighted by Gasteiger charge is 2.02. The van der Waals surface area contributed by atoms with E-state index in [4.69, 9.17) is 4.18 Å². The molecule has 0 radical (unpaired) electrons. The molecule has 0 atom stereocenters. The molecule has 5 heteroatoms. The van der Waals surface area contributed by atoms with Crippen molar-refractivity contribution in [1.29, 1.82) is 0 Å². The third-order valence-electron chi connectivity index (χ3n) is 0.889. The summed E-state index contributed by atoms with van der Waals surface area (Å²) in [5.74, 6) is 0.551. The van der Waals surface area contributed by atoms with E-state index in [1.54, 1.807) is 18.9 Å². The van der Waals surface area contributed by atoms with Gasteiger partial charge in [0, 0.05) is 18.1 Å². The molecule has 12 heavy (non-hydrogen) atoms. The number of hydrogen-bond donors (Lipinski definition) is 0. The topological polar surface area (TPSA) is 35.5 Å². The molecule has 0 aromatic rings. The first-order valence-electron chi connectivity index (χ1n) is 3.37. The molecule has 3 nitrogen and oxygen atoms in total. The maximum Gasteiger partial charge on any atom is 0.332 e. The number of carbonyl (C=O) groups is 1. The molecular weight excluding hydrogens is 196 g/mol. The van der Waals surface area contributed by atoms with Crippen LogP contribution in [-0.2, 0) is 13.7 Å². The van der Waals surface area contributed by atoms with E-state index in [2.05, 4.69) is 4.74 Å². The molecule has 0 fully saturated rings. The van der Waals surface area contributed by atoms with Crippen LogP contribution in [0.4, 0.5) is 0 Å². The highest BCUT2D eigenvalue weighted by atomic mass is 32.2. The molecule has 0 N–H and O–H groups in total. The van der Waals surface area contributed by atoms with Gasteiger partial charge in [0.2, 0.25) is 0 Å². The Morgan fingerprint density at radius 3 is 2.58 bits per heavy atom. The molecule has 0 aliphatic heterocycles. The van der Waals surface area contributed by atoms with E-state index < -0.39 is 0 Å². The van der Waals surface area contributed by atoms with Crippen molar-refractivity contribution in [3.05, 3.63) is 10.3 Å². The number of esters is 1. The van der Waals surface area contributed by atoms with Gasteiger partial charge in [0.1, 0.15) is 0 Å². The van der Waals surface area contributed by atoms with Crippen molar-refractivity contribution >= 4 is 29.8 Å². The lowest BCUT2D eigenvalue weighted by Gasteiger charge is -2.00. The summed E-state index contributed by atoms with van der Waals surface area (Å²) in [4.78, 5) is 10.8. The average Bonchev–Trinajstić information content (AvgIpc) is 2.05. The van der Waals surface area contributed by atoms with Gasteiger partial charge in [-0.15, -0.1) is 11.8 Å². The van der Waals surface area contributed by atoms with Crippen LogP contribution in [0.25, 0.3) is 0 Å². The van der Waals surface area contributed by atoms with Crippen molar-refractivity contribution < 1.29 is 13.7 Å². The molecule has 0 spiro atoms. The zero-order valence-electron chi connectivity index (χ0n) is 7.33. The van der Waals surface area contributed by atoms with E-state index in [0.29, 0.717) is 0 Å². The Balaban J connectivity index is 4.06. The Hall–Kier alpha value is -0.130. The third-order valence-corrected chi connectivity index (χ3v) is 2.59. The molecule has 0 aliphatic carbocycles. The van der Waals surface area contributed by atoms with Gasteiger partial charge in [0.25, 0.3) is 0 Å². The fraction of sp³-hybridized carbons (Fsp3) is 0.571. The lowest BCUT2D eigenvalue weighted by Crippen LogP contribution is -1.95. The summed E-state index contributed by atoms with van der Waals surface area (Å²) >= 11 is 2.71. The predicted octanol–water partition coefficient (Wildman–Crippen LogP) is 2.05. The highest BCUT2D eigenvalue weighted by Crippen LogP contribution is 2.27. The van der Waals surface area contributed by atoms with Gasteiger partial charge >= 0.3 is 5.97 Å². The maximum absolute atomic E-state index is 10.8. The second-order valence-electron chi connectivity index (χ2n) is 1.67. The second kappa shape index (κ2) is 7.52. The number of ether oxygens (including phenoxy) is 1. The second-order valence-corrected chi connectivity index (χ2v) is 4.17. The zero-order chi connectivity index (χ0) is 9.40. The first-order chi connectivity index (χ1) is 5.74. The van der Waals surface area contributed by atoms with Crippen molar-refractivity contribution in [1.82, 2.24) is 0 Å². The van der Waals surface area contributed by atoms with Crippen molar-refractivity contribution in [2.75, 3.05) is 20.0 Å². The molecular formula is C7H12O3S2. The first kappa shape index (κ1) is 11.9. The summed E-state index contributed by atoms with van der Waals surface area (Å²) < 4.78 is 10.1. The molecule has 0 aromatic heterocycles. The maximum atomic E-state index is 10.8. The van der Waals surface area contributed by atoms with Gasteiger partial charge < -0.3 is 8.92 Å². The van der Waals surface area contributed by atoms with Gasteiger partial charge in [-0.3, -0.25) is 0 Å². The van der Waals surface area contributed by atoms with E-state index in [0.717, 1.165) is 9.99 Å². The van der Waals surface area contributed by atoms with E-state index in [1.807, 2.05) is 6.92 Å². The van der Waals surface area contributed by atoms with E-state index >= 15 is 0 Å². The largest absolute Gasteiger partial charge is 0.466 e. The minimum Gasteiger partial charge on any atom is -0.466 e. The fourth-order valence-corrected chi connectivity index (χ4v) is 1.99. The summed E-state index contributed by atoms with van der Waals surface area (Å²) in [6.07, 6.45) is 1.42. The average molecular weight is 208 g/mol. The lowest BCUT2D eigenvalue weighted by atomic mass is 10.7. The Morgan fingerprint density at radius 2 is 2.17 bits per heavy atom. The fourth-order valence-electron chi connectivity index (χ4n) is 0.469. The molecule has 0 amide bonds. The summed E-state index contributed by atoms with van der Waals surface area (Å²) in [5.41, 5.74) is 0. The minimum atomic E-state index is -0.351. The quantitative estimate of drug-likeness (QED) is 0.392. The van der Waals surface area contributed by atoms with Gasteiger partial charge in [-0.1, -0.05) is 6.92 Å². The molecule has 70 valence electrons. The van der Waals surface area contributed by atoms with Crippen LogP contribution in [0.1, 0.15) is 6.92 Å². The smallest absolute Gasteiger partial charge is 0.332 e. The Bertz CT molecular complexity index is 160. The Kier molecular flexibility index (Phi) is 7.43. The molecule has 0 aliphatic rings. The van der Waals surface area contributed by atoms with Gasteiger partial charge in [0.15, 0.2) is 0 Å². The summed E-state index contributed by atoms with van der Waals surface area (Å²) in [7, 11) is 2.91. The number of carbonyl (C=O) groups excluding carboxylic acids is 1. The van der Waals surface area contributed by atoms with Crippen LogP contribution in [0, 0.1) is 0 Å². The van der Waals surface area contributed by atoms with Crippen LogP contribution >= 0.6 is 23.8 Å². The van der Waals surface area contributed by atoms with Crippen LogP contribution in [0.5, 0.6) is 0 Å². The standard InChI is InChI=1S/C7H12O3S2/c1-4-11-7(12-10-3)5-6(8)9-2/h5H,4H2,1-3H3/b7-5-. The Morgan fingerprint density at radius 1 is 1.50 bits per heavy atom. The third kappa shape index (κ3) is 5.51. The summed E-state index contributed by atoms with van der Waals surface area (Å²) in [5, 5.41) is 0. The number of hydrogen-bond acceptors (Lipinski definition) is 5. The van der Waals surface area contributed by atoms with Gasteiger partial charge in [-0.05, 0) is 5.75 Å². The highest BCUT2D eigenvalue weighted by molar-refractivity contribution is 8.20. The SMILES string of the molecule is CCS/C(=C/C(=O)OC)SOC. The van der Waals surface area contributed by atoms with Gasteiger partial charge in [0.05, 0.1) is 18.5 Å². The van der Waals surface area contributed by atoms with Gasteiger partial charge in [-0.2, -0.15) is 0 Å². The molecule has 0 saturated carbocycles. The van der Waals surface area contributed by atoms with Crippen LogP contribution in [0.15, 0.2) is 10.3 Å². The number of thioether (sulfide) groups is 1. The monoisotopic (exact) mass is 208 g/mol. The molecule has 0 bridgehead atoms. The number of methoxy groups -OCH3 is 1. The van der Waals surface area contributed by atoms with Crippen molar-refractivity contribution in [3.8, 4) is 0 Å². The summed E-state index contributed by atoms with van der Waals surface area (Å²) in [6, 6.07) is 0.